The van der Waals surface area contributed by atoms with Crippen LogP contribution in [0.4, 0.5) is 17.3 Å². The second-order valence-corrected chi connectivity index (χ2v) is 4.00. The normalized spacial score (nSPS) is 10.4. The number of nitrogens with one attached hydrogen (secondary N) is 1. The lowest BCUT2D eigenvalue weighted by molar-refractivity contribution is 1.21. The molecule has 1 aromatic heterocycles. The molecule has 2 aromatic carbocycles. The van der Waals surface area contributed by atoms with E-state index in [2.05, 4.69) is 15.3 Å². The summed E-state index contributed by atoms with van der Waals surface area (Å²) in [7, 11) is 0. The molecule has 4 heteroatoms. The number of nitrogens with two attached hydrogens (primary N) is 1. The zero-order chi connectivity index (χ0) is 12.4. The predicted molar refractivity (Wildman–Crippen MR) is 73.7 cm³/mol. The Hall–Kier alpha value is -2.62. The fourth-order valence-corrected chi connectivity index (χ4v) is 1.78. The number of benzene rings is 2. The third-order valence-electron chi connectivity index (χ3n) is 2.63. The first-order chi connectivity index (χ1) is 8.81. The van der Waals surface area contributed by atoms with Crippen molar-refractivity contribution in [3.8, 4) is 0 Å². The van der Waals surface area contributed by atoms with Crippen molar-refractivity contribution in [1.82, 2.24) is 9.97 Å². The SMILES string of the molecule is Nc1cccc(Nc2ncc3ccccc3n2)c1. The zero-order valence-corrected chi connectivity index (χ0v) is 9.67. The molecule has 0 aliphatic carbocycles. The van der Waals surface area contributed by atoms with Crippen LogP contribution in [0, 0.1) is 0 Å². The van der Waals surface area contributed by atoms with Gasteiger partial charge in [-0.1, -0.05) is 24.3 Å². The molecule has 3 N–H and O–H groups in total. The highest BCUT2D eigenvalue weighted by atomic mass is 15.1. The second-order valence-electron chi connectivity index (χ2n) is 4.00. The standard InChI is InChI=1S/C14H12N4/c15-11-5-3-6-12(8-11)17-14-16-9-10-4-1-2-7-13(10)18-14/h1-9H,15H2,(H,16,17,18). The average Bonchev–Trinajstić information content (AvgIpc) is 2.39. The molecule has 3 rings (SSSR count). The van der Waals surface area contributed by atoms with Gasteiger partial charge in [0.2, 0.25) is 5.95 Å². The van der Waals surface area contributed by atoms with Crippen LogP contribution in [-0.2, 0) is 0 Å². The van der Waals surface area contributed by atoms with Crippen LogP contribution in [0.2, 0.25) is 0 Å². The van der Waals surface area contributed by atoms with Crippen molar-refractivity contribution < 1.29 is 0 Å². The molecule has 3 aromatic rings. The predicted octanol–water partition coefficient (Wildman–Crippen LogP) is 2.96. The number of anilines is 3. The maximum Gasteiger partial charge on any atom is 0.227 e. The summed E-state index contributed by atoms with van der Waals surface area (Å²) in [6, 6.07) is 15.4. The Morgan fingerprint density at radius 3 is 2.78 bits per heavy atom. The lowest BCUT2D eigenvalue weighted by Crippen LogP contribution is -1.97. The van der Waals surface area contributed by atoms with E-state index >= 15 is 0 Å². The average molecular weight is 236 g/mol. The number of para-hydroxylation sites is 1. The first-order valence-corrected chi connectivity index (χ1v) is 5.66. The van der Waals surface area contributed by atoms with E-state index in [1.165, 1.54) is 0 Å². The van der Waals surface area contributed by atoms with E-state index in [1.54, 1.807) is 6.20 Å². The van der Waals surface area contributed by atoms with Crippen molar-refractivity contribution in [1.29, 1.82) is 0 Å². The Morgan fingerprint density at radius 2 is 1.89 bits per heavy atom. The van der Waals surface area contributed by atoms with Gasteiger partial charge in [-0.2, -0.15) is 0 Å². The van der Waals surface area contributed by atoms with Gasteiger partial charge in [-0.05, 0) is 24.3 Å². The summed E-state index contributed by atoms with van der Waals surface area (Å²) in [4.78, 5) is 8.71. The van der Waals surface area contributed by atoms with Crippen LogP contribution >= 0.6 is 0 Å². The summed E-state index contributed by atoms with van der Waals surface area (Å²) < 4.78 is 0. The van der Waals surface area contributed by atoms with E-state index in [1.807, 2.05) is 48.5 Å². The van der Waals surface area contributed by atoms with Crippen LogP contribution in [-0.4, -0.2) is 9.97 Å². The molecule has 0 spiro atoms. The van der Waals surface area contributed by atoms with E-state index in [0.29, 0.717) is 11.6 Å². The van der Waals surface area contributed by atoms with E-state index in [9.17, 15) is 0 Å². The molecule has 0 saturated carbocycles. The van der Waals surface area contributed by atoms with Gasteiger partial charge in [0.25, 0.3) is 0 Å². The fraction of sp³-hybridized carbons (Fsp3) is 0. The molecule has 0 aliphatic heterocycles. The highest BCUT2D eigenvalue weighted by molar-refractivity contribution is 5.78. The number of hydrogen-bond donors (Lipinski definition) is 2. The molecule has 0 atom stereocenters. The van der Waals surface area contributed by atoms with Crippen molar-refractivity contribution in [2.75, 3.05) is 11.1 Å². The van der Waals surface area contributed by atoms with Crippen LogP contribution in [0.1, 0.15) is 0 Å². The van der Waals surface area contributed by atoms with E-state index in [4.69, 9.17) is 5.73 Å². The van der Waals surface area contributed by atoms with Gasteiger partial charge in [0.1, 0.15) is 0 Å². The first-order valence-electron chi connectivity index (χ1n) is 5.66. The summed E-state index contributed by atoms with van der Waals surface area (Å²) >= 11 is 0. The van der Waals surface area contributed by atoms with Gasteiger partial charge < -0.3 is 11.1 Å². The highest BCUT2D eigenvalue weighted by Gasteiger charge is 2.00. The molecule has 18 heavy (non-hydrogen) atoms. The van der Waals surface area contributed by atoms with Crippen LogP contribution in [0.25, 0.3) is 10.9 Å². The highest BCUT2D eigenvalue weighted by Crippen LogP contribution is 2.17. The Labute approximate surface area is 104 Å². The Morgan fingerprint density at radius 1 is 1.00 bits per heavy atom. The minimum Gasteiger partial charge on any atom is -0.399 e. The number of fused-ring (bicyclic) bond motifs is 1. The third kappa shape index (κ3) is 2.08. The minimum absolute atomic E-state index is 0.569. The van der Waals surface area contributed by atoms with Gasteiger partial charge in [-0.3, -0.25) is 0 Å². The number of nitrogens with zero attached hydrogens (tertiary/aromatic N) is 2. The number of hydrogen-bond acceptors (Lipinski definition) is 4. The molecular weight excluding hydrogens is 224 g/mol. The van der Waals surface area contributed by atoms with Crippen molar-refractivity contribution in [3.63, 3.8) is 0 Å². The molecular formula is C14H12N4. The molecule has 0 saturated heterocycles. The quantitative estimate of drug-likeness (QED) is 0.671. The summed E-state index contributed by atoms with van der Waals surface area (Å²) in [5, 5.41) is 4.16. The van der Waals surface area contributed by atoms with Crippen molar-refractivity contribution in [2.45, 2.75) is 0 Å². The summed E-state index contributed by atoms with van der Waals surface area (Å²) in [5.74, 6) is 0.569. The largest absolute Gasteiger partial charge is 0.399 e. The minimum atomic E-state index is 0.569. The van der Waals surface area contributed by atoms with Gasteiger partial charge in [0.05, 0.1) is 5.52 Å². The Kier molecular flexibility index (Phi) is 2.53. The molecule has 0 radical (unpaired) electrons. The topological polar surface area (TPSA) is 63.8 Å². The van der Waals surface area contributed by atoms with Gasteiger partial charge >= 0.3 is 0 Å². The van der Waals surface area contributed by atoms with Crippen LogP contribution in [0.15, 0.2) is 54.7 Å². The number of nitrogen functional groups attached to an aromatic ring is 1. The first kappa shape index (κ1) is 10.5. The van der Waals surface area contributed by atoms with Crippen molar-refractivity contribution in [3.05, 3.63) is 54.7 Å². The zero-order valence-electron chi connectivity index (χ0n) is 9.67. The molecule has 0 bridgehead atoms. The van der Waals surface area contributed by atoms with E-state index in [0.717, 1.165) is 16.6 Å². The lowest BCUT2D eigenvalue weighted by Gasteiger charge is -2.06. The monoisotopic (exact) mass is 236 g/mol. The smallest absolute Gasteiger partial charge is 0.227 e. The molecule has 0 fully saturated rings. The maximum absolute atomic E-state index is 5.72. The molecule has 0 amide bonds. The number of aromatic nitrogens is 2. The summed E-state index contributed by atoms with van der Waals surface area (Å²) in [6.45, 7) is 0. The Bertz CT molecular complexity index is 694. The van der Waals surface area contributed by atoms with Crippen LogP contribution in [0.5, 0.6) is 0 Å². The second kappa shape index (κ2) is 4.33. The van der Waals surface area contributed by atoms with Gasteiger partial charge in [0, 0.05) is 23.0 Å². The van der Waals surface area contributed by atoms with Gasteiger partial charge in [0.15, 0.2) is 0 Å². The van der Waals surface area contributed by atoms with Gasteiger partial charge in [-0.15, -0.1) is 0 Å². The van der Waals surface area contributed by atoms with Crippen LogP contribution in [0.3, 0.4) is 0 Å². The fourth-order valence-electron chi connectivity index (χ4n) is 1.78. The van der Waals surface area contributed by atoms with E-state index < -0.39 is 0 Å². The van der Waals surface area contributed by atoms with Crippen LogP contribution < -0.4 is 11.1 Å². The maximum atomic E-state index is 5.72. The lowest BCUT2D eigenvalue weighted by atomic mass is 10.2. The van der Waals surface area contributed by atoms with E-state index in [-0.39, 0.29) is 0 Å². The molecule has 1 heterocycles. The van der Waals surface area contributed by atoms with Gasteiger partial charge in [-0.25, -0.2) is 9.97 Å². The summed E-state index contributed by atoms with van der Waals surface area (Å²) in [6.07, 6.45) is 1.80. The van der Waals surface area contributed by atoms with Crippen molar-refractivity contribution >= 4 is 28.2 Å². The third-order valence-corrected chi connectivity index (χ3v) is 2.63. The van der Waals surface area contributed by atoms with Crippen molar-refractivity contribution in [2.24, 2.45) is 0 Å². The molecule has 4 nitrogen and oxygen atoms in total. The summed E-state index contributed by atoms with van der Waals surface area (Å²) in [5.41, 5.74) is 8.23. The molecule has 0 aliphatic rings. The molecule has 0 unspecified atom stereocenters. The number of rotatable bonds is 2. The molecule has 88 valence electrons. The Balaban J connectivity index is 1.95.